The third kappa shape index (κ3) is 2.39. The van der Waals surface area contributed by atoms with Gasteiger partial charge in [-0.15, -0.1) is 0 Å². The summed E-state index contributed by atoms with van der Waals surface area (Å²) in [5, 5.41) is 4.42. The van der Waals surface area contributed by atoms with Crippen molar-refractivity contribution in [2.24, 2.45) is 0 Å². The Morgan fingerprint density at radius 3 is 2.65 bits per heavy atom. The van der Waals surface area contributed by atoms with Crippen LogP contribution in [0.25, 0.3) is 10.9 Å². The number of aromatic nitrogens is 1. The number of nitrogens with one attached hydrogen (secondary N) is 1. The Balaban J connectivity index is 1.73. The lowest BCUT2D eigenvalue weighted by molar-refractivity contribution is 0.628. The third-order valence-corrected chi connectivity index (χ3v) is 3.53. The Hall–Kier alpha value is -2.29. The van der Waals surface area contributed by atoms with Gasteiger partial charge in [-0.3, -0.25) is 0 Å². The van der Waals surface area contributed by atoms with E-state index in [1.807, 2.05) is 12.1 Å². The highest BCUT2D eigenvalue weighted by atomic mass is 19.1. The average Bonchev–Trinajstić information content (AvgIpc) is 2.78. The number of fused-ring (bicyclic) bond motifs is 1. The number of anilines is 1. The van der Waals surface area contributed by atoms with Crippen molar-refractivity contribution in [1.82, 2.24) is 4.57 Å². The molecule has 0 aliphatic carbocycles. The molecule has 0 bridgehead atoms. The van der Waals surface area contributed by atoms with E-state index in [0.717, 1.165) is 6.54 Å². The highest BCUT2D eigenvalue weighted by Gasteiger charge is 2.04. The molecule has 2 aromatic carbocycles. The van der Waals surface area contributed by atoms with Gasteiger partial charge in [-0.25, -0.2) is 4.39 Å². The van der Waals surface area contributed by atoms with Crippen LogP contribution in [-0.4, -0.2) is 11.1 Å². The summed E-state index contributed by atoms with van der Waals surface area (Å²) in [6, 6.07) is 15.1. The summed E-state index contributed by atoms with van der Waals surface area (Å²) in [5.74, 6) is -0.207. The molecule has 0 saturated heterocycles. The second-order valence-corrected chi connectivity index (χ2v) is 4.93. The van der Waals surface area contributed by atoms with Gasteiger partial charge < -0.3 is 9.88 Å². The van der Waals surface area contributed by atoms with Crippen LogP contribution < -0.4 is 5.32 Å². The molecule has 1 aromatic heterocycles. The molecule has 3 aromatic rings. The van der Waals surface area contributed by atoms with Crippen LogP contribution in [0.3, 0.4) is 0 Å². The maximum absolute atomic E-state index is 13.5. The van der Waals surface area contributed by atoms with E-state index in [9.17, 15) is 4.39 Å². The number of hydrogen-bond donors (Lipinski definition) is 1. The van der Waals surface area contributed by atoms with Crippen molar-refractivity contribution in [2.45, 2.75) is 13.5 Å². The van der Waals surface area contributed by atoms with Crippen LogP contribution in [0.4, 0.5) is 10.1 Å². The van der Waals surface area contributed by atoms with Gasteiger partial charge in [0.1, 0.15) is 5.82 Å². The molecule has 0 atom stereocenters. The molecule has 3 rings (SSSR count). The summed E-state index contributed by atoms with van der Waals surface area (Å²) >= 11 is 0. The smallest absolute Gasteiger partial charge is 0.146 e. The molecule has 0 aliphatic heterocycles. The predicted octanol–water partition coefficient (Wildman–Crippen LogP) is 4.20. The molecule has 0 saturated carbocycles. The fourth-order valence-corrected chi connectivity index (χ4v) is 2.53. The van der Waals surface area contributed by atoms with Crippen molar-refractivity contribution in [2.75, 3.05) is 11.9 Å². The largest absolute Gasteiger partial charge is 0.381 e. The summed E-state index contributed by atoms with van der Waals surface area (Å²) in [7, 11) is 0. The first-order valence-corrected chi connectivity index (χ1v) is 6.78. The minimum Gasteiger partial charge on any atom is -0.381 e. The minimum atomic E-state index is -0.207. The minimum absolute atomic E-state index is 0.207. The predicted molar refractivity (Wildman–Crippen MR) is 81.6 cm³/mol. The number of halogens is 1. The zero-order valence-corrected chi connectivity index (χ0v) is 11.4. The third-order valence-electron chi connectivity index (χ3n) is 3.53. The van der Waals surface area contributed by atoms with Gasteiger partial charge in [0.15, 0.2) is 0 Å². The van der Waals surface area contributed by atoms with Crippen molar-refractivity contribution in [3.63, 3.8) is 0 Å². The molecule has 0 aliphatic rings. The van der Waals surface area contributed by atoms with Crippen molar-refractivity contribution in [3.8, 4) is 0 Å². The molecule has 2 nitrogen and oxygen atoms in total. The maximum Gasteiger partial charge on any atom is 0.146 e. The van der Waals surface area contributed by atoms with Gasteiger partial charge in [-0.1, -0.05) is 30.3 Å². The first-order chi connectivity index (χ1) is 9.75. The zero-order chi connectivity index (χ0) is 13.9. The van der Waals surface area contributed by atoms with Gasteiger partial charge in [-0.05, 0) is 30.7 Å². The molecular formula is C17H17FN2. The van der Waals surface area contributed by atoms with Crippen molar-refractivity contribution in [1.29, 1.82) is 0 Å². The van der Waals surface area contributed by atoms with E-state index in [-0.39, 0.29) is 5.82 Å². The fraction of sp³-hybridized carbons (Fsp3) is 0.176. The quantitative estimate of drug-likeness (QED) is 0.750. The van der Waals surface area contributed by atoms with Crippen LogP contribution in [0.2, 0.25) is 0 Å². The van der Waals surface area contributed by atoms with Crippen LogP contribution >= 0.6 is 0 Å². The number of aryl methyl sites for hydroxylation is 1. The summed E-state index contributed by atoms with van der Waals surface area (Å²) in [6.07, 6.45) is 2.15. The van der Waals surface area contributed by atoms with Crippen LogP contribution in [0.1, 0.15) is 5.56 Å². The van der Waals surface area contributed by atoms with E-state index >= 15 is 0 Å². The molecular weight excluding hydrogens is 251 g/mol. The molecule has 0 unspecified atom stereocenters. The van der Waals surface area contributed by atoms with Crippen LogP contribution in [0.15, 0.2) is 54.7 Å². The van der Waals surface area contributed by atoms with E-state index < -0.39 is 0 Å². The molecule has 0 amide bonds. The van der Waals surface area contributed by atoms with Crippen LogP contribution in [0.5, 0.6) is 0 Å². The first kappa shape index (κ1) is 12.7. The number of benzene rings is 2. The van der Waals surface area contributed by atoms with Gasteiger partial charge in [0, 0.05) is 30.2 Å². The second kappa shape index (κ2) is 5.37. The summed E-state index contributed by atoms with van der Waals surface area (Å²) < 4.78 is 15.7. The van der Waals surface area contributed by atoms with Crippen molar-refractivity contribution < 1.29 is 4.39 Å². The summed E-state index contributed by atoms with van der Waals surface area (Å²) in [5.41, 5.74) is 3.05. The van der Waals surface area contributed by atoms with E-state index in [1.165, 1.54) is 22.5 Å². The Labute approximate surface area is 117 Å². The van der Waals surface area contributed by atoms with Crippen molar-refractivity contribution >= 4 is 16.6 Å². The molecule has 3 heteroatoms. The van der Waals surface area contributed by atoms with Gasteiger partial charge >= 0.3 is 0 Å². The van der Waals surface area contributed by atoms with E-state index in [4.69, 9.17) is 0 Å². The monoisotopic (exact) mass is 268 g/mol. The summed E-state index contributed by atoms with van der Waals surface area (Å²) in [4.78, 5) is 0. The van der Waals surface area contributed by atoms with E-state index in [2.05, 4.69) is 41.2 Å². The molecule has 20 heavy (non-hydrogen) atoms. The highest BCUT2D eigenvalue weighted by molar-refractivity contribution is 5.83. The van der Waals surface area contributed by atoms with Gasteiger partial charge in [0.05, 0.1) is 5.69 Å². The Morgan fingerprint density at radius 1 is 1.05 bits per heavy atom. The fourth-order valence-electron chi connectivity index (χ4n) is 2.53. The van der Waals surface area contributed by atoms with Crippen LogP contribution in [-0.2, 0) is 6.54 Å². The Bertz CT molecular complexity index is 731. The topological polar surface area (TPSA) is 17.0 Å². The normalized spacial score (nSPS) is 10.9. The number of para-hydroxylation sites is 2. The van der Waals surface area contributed by atoms with Gasteiger partial charge in [0.25, 0.3) is 0 Å². The zero-order valence-electron chi connectivity index (χ0n) is 11.4. The Morgan fingerprint density at radius 2 is 1.80 bits per heavy atom. The van der Waals surface area contributed by atoms with E-state index in [1.54, 1.807) is 12.1 Å². The molecule has 0 radical (unpaired) electrons. The molecule has 1 N–H and O–H groups in total. The summed E-state index contributed by atoms with van der Waals surface area (Å²) in [6.45, 7) is 3.62. The van der Waals surface area contributed by atoms with E-state index in [0.29, 0.717) is 12.2 Å². The maximum atomic E-state index is 13.5. The first-order valence-electron chi connectivity index (χ1n) is 6.78. The lowest BCUT2D eigenvalue weighted by Gasteiger charge is -2.09. The SMILES string of the molecule is Cc1cn(CCNc2ccccc2F)c2ccccc12. The van der Waals surface area contributed by atoms with Gasteiger partial charge in [0.2, 0.25) is 0 Å². The molecule has 0 spiro atoms. The molecule has 0 fully saturated rings. The van der Waals surface area contributed by atoms with Crippen LogP contribution in [0, 0.1) is 12.7 Å². The van der Waals surface area contributed by atoms with Crippen molar-refractivity contribution in [3.05, 3.63) is 66.1 Å². The lowest BCUT2D eigenvalue weighted by Crippen LogP contribution is -2.10. The standard InChI is InChI=1S/C17H17FN2/c1-13-12-20(17-9-5-2-6-14(13)17)11-10-19-16-8-4-3-7-15(16)18/h2-9,12,19H,10-11H2,1H3. The highest BCUT2D eigenvalue weighted by Crippen LogP contribution is 2.20. The number of rotatable bonds is 4. The molecule has 1 heterocycles. The van der Waals surface area contributed by atoms with Gasteiger partial charge in [-0.2, -0.15) is 0 Å². The molecule has 102 valence electrons. The second-order valence-electron chi connectivity index (χ2n) is 4.93. The average molecular weight is 268 g/mol. The lowest BCUT2D eigenvalue weighted by atomic mass is 10.2. The number of nitrogens with zero attached hydrogens (tertiary/aromatic N) is 1. The number of hydrogen-bond acceptors (Lipinski definition) is 1. The Kier molecular flexibility index (Phi) is 3.42.